The Morgan fingerprint density at radius 2 is 2.14 bits per heavy atom. The fourth-order valence-electron chi connectivity index (χ4n) is 2.77. The minimum absolute atomic E-state index is 0. The Kier molecular flexibility index (Phi) is 13.6. The third-order valence-corrected chi connectivity index (χ3v) is 4.15. The zero-order chi connectivity index (χ0) is 20.0. The van der Waals surface area contributed by atoms with E-state index in [2.05, 4.69) is 20.9 Å². The number of hydrogen-bond acceptors (Lipinski definition) is 4. The lowest BCUT2D eigenvalue weighted by atomic mass is 10.1. The molecule has 1 aliphatic rings. The summed E-state index contributed by atoms with van der Waals surface area (Å²) in [7, 11) is 0. The lowest BCUT2D eigenvalue weighted by Crippen LogP contribution is -2.41. The maximum atomic E-state index is 13.1. The molecule has 164 valence electrons. The summed E-state index contributed by atoms with van der Waals surface area (Å²) in [6.45, 7) is 6.59. The molecule has 1 aromatic rings. The normalized spacial score (nSPS) is 16.2. The molecule has 1 aromatic carbocycles. The number of rotatable bonds is 11. The van der Waals surface area contributed by atoms with Gasteiger partial charge in [0.05, 0.1) is 19.1 Å². The number of carbonyl (C=O) groups is 1. The van der Waals surface area contributed by atoms with E-state index in [9.17, 15) is 9.18 Å². The molecule has 7 nitrogen and oxygen atoms in total. The molecule has 3 N–H and O–H groups in total. The van der Waals surface area contributed by atoms with Gasteiger partial charge >= 0.3 is 0 Å². The molecule has 0 spiro atoms. The summed E-state index contributed by atoms with van der Waals surface area (Å²) in [5, 5.41) is 9.17. The van der Waals surface area contributed by atoms with Gasteiger partial charge in [-0.25, -0.2) is 4.39 Å². The number of benzene rings is 1. The lowest BCUT2D eigenvalue weighted by molar-refractivity contribution is -0.120. The summed E-state index contributed by atoms with van der Waals surface area (Å²) >= 11 is 0. The zero-order valence-corrected chi connectivity index (χ0v) is 19.2. The van der Waals surface area contributed by atoms with Crippen molar-refractivity contribution >= 4 is 35.8 Å². The number of aliphatic imine (C=N–C) groups is 1. The third-order valence-electron chi connectivity index (χ3n) is 4.15. The summed E-state index contributed by atoms with van der Waals surface area (Å²) in [5.74, 6) is 0.244. The quantitative estimate of drug-likeness (QED) is 0.179. The highest BCUT2D eigenvalue weighted by molar-refractivity contribution is 14.0. The van der Waals surface area contributed by atoms with Crippen molar-refractivity contribution < 1.29 is 18.7 Å². The molecule has 1 saturated heterocycles. The van der Waals surface area contributed by atoms with Crippen molar-refractivity contribution in [1.82, 2.24) is 16.0 Å². The van der Waals surface area contributed by atoms with Gasteiger partial charge in [-0.3, -0.25) is 9.79 Å². The monoisotopic (exact) mass is 522 g/mol. The van der Waals surface area contributed by atoms with Crippen LogP contribution in [0.15, 0.2) is 29.3 Å². The predicted octanol–water partition coefficient (Wildman–Crippen LogP) is 1.85. The molecule has 29 heavy (non-hydrogen) atoms. The summed E-state index contributed by atoms with van der Waals surface area (Å²) in [4.78, 5) is 16.4. The molecular weight excluding hydrogens is 490 g/mol. The first kappa shape index (κ1) is 25.6. The number of hydrogen-bond donors (Lipinski definition) is 3. The number of amides is 1. The van der Waals surface area contributed by atoms with E-state index in [-0.39, 0.29) is 48.2 Å². The third kappa shape index (κ3) is 11.3. The van der Waals surface area contributed by atoms with Gasteiger partial charge in [-0.2, -0.15) is 0 Å². The van der Waals surface area contributed by atoms with Crippen LogP contribution in [0.2, 0.25) is 0 Å². The molecule has 0 bridgehead atoms. The second kappa shape index (κ2) is 15.4. The number of nitrogens with zero attached hydrogens (tertiary/aromatic N) is 1. The van der Waals surface area contributed by atoms with Gasteiger partial charge in [0, 0.05) is 39.4 Å². The van der Waals surface area contributed by atoms with Crippen LogP contribution in [0.3, 0.4) is 0 Å². The van der Waals surface area contributed by atoms with Gasteiger partial charge in [-0.15, -0.1) is 24.0 Å². The topological polar surface area (TPSA) is 84.0 Å². The molecule has 0 aromatic heterocycles. The van der Waals surface area contributed by atoms with Gasteiger partial charge in [0.15, 0.2) is 5.96 Å². The van der Waals surface area contributed by atoms with Gasteiger partial charge in [-0.1, -0.05) is 12.1 Å². The smallest absolute Gasteiger partial charge is 0.224 e. The average molecular weight is 522 g/mol. The van der Waals surface area contributed by atoms with Crippen LogP contribution in [0.1, 0.15) is 25.3 Å². The minimum atomic E-state index is -0.333. The first-order valence-electron chi connectivity index (χ1n) is 9.90. The van der Waals surface area contributed by atoms with Crippen molar-refractivity contribution in [2.75, 3.05) is 46.0 Å². The molecule has 1 unspecified atom stereocenters. The highest BCUT2D eigenvalue weighted by Crippen LogP contribution is 2.08. The molecule has 1 amide bonds. The first-order chi connectivity index (χ1) is 13.7. The number of ether oxygens (including phenoxy) is 2. The highest BCUT2D eigenvalue weighted by atomic mass is 127. The van der Waals surface area contributed by atoms with Crippen LogP contribution < -0.4 is 16.0 Å². The van der Waals surface area contributed by atoms with Crippen LogP contribution in [0.5, 0.6) is 0 Å². The molecule has 1 atom stereocenters. The maximum Gasteiger partial charge on any atom is 0.224 e. The summed E-state index contributed by atoms with van der Waals surface area (Å²) in [6, 6.07) is 6.07. The average Bonchev–Trinajstić information content (AvgIpc) is 3.18. The fraction of sp³-hybridized carbons (Fsp3) is 0.600. The molecule has 2 rings (SSSR count). The van der Waals surface area contributed by atoms with Crippen LogP contribution in [0, 0.1) is 5.82 Å². The largest absolute Gasteiger partial charge is 0.379 e. The van der Waals surface area contributed by atoms with E-state index in [0.717, 1.165) is 26.0 Å². The summed E-state index contributed by atoms with van der Waals surface area (Å²) < 4.78 is 24.1. The second-order valence-corrected chi connectivity index (χ2v) is 6.55. The Morgan fingerprint density at radius 1 is 1.31 bits per heavy atom. The van der Waals surface area contributed by atoms with E-state index in [1.54, 1.807) is 12.1 Å². The standard InChI is InChI=1S/C20H31FN4O3.HI/c1-2-22-20(24-8-4-11-28-18-7-12-27-15-18)25-10-9-23-19(26)14-16-5-3-6-17(21)13-16;/h3,5-6,13,18H,2,4,7-12,14-15H2,1H3,(H,23,26)(H2,22,24,25);1H. The Hall–Kier alpha value is -1.46. The number of guanidine groups is 1. The molecule has 1 aliphatic heterocycles. The van der Waals surface area contributed by atoms with Crippen molar-refractivity contribution in [3.8, 4) is 0 Å². The Morgan fingerprint density at radius 3 is 2.86 bits per heavy atom. The highest BCUT2D eigenvalue weighted by Gasteiger charge is 2.15. The van der Waals surface area contributed by atoms with Gasteiger partial charge in [0.25, 0.3) is 0 Å². The molecule has 0 saturated carbocycles. The molecule has 0 radical (unpaired) electrons. The summed E-state index contributed by atoms with van der Waals surface area (Å²) in [6.07, 6.45) is 2.21. The van der Waals surface area contributed by atoms with E-state index < -0.39 is 0 Å². The van der Waals surface area contributed by atoms with Crippen LogP contribution in [-0.4, -0.2) is 64.0 Å². The predicted molar refractivity (Wildman–Crippen MR) is 122 cm³/mol. The molecule has 1 fully saturated rings. The van der Waals surface area contributed by atoms with Crippen LogP contribution >= 0.6 is 24.0 Å². The first-order valence-corrected chi connectivity index (χ1v) is 9.90. The molecular formula is C20H32FIN4O3. The van der Waals surface area contributed by atoms with Crippen molar-refractivity contribution in [1.29, 1.82) is 0 Å². The number of nitrogens with one attached hydrogen (secondary N) is 3. The van der Waals surface area contributed by atoms with Crippen LogP contribution in [0.25, 0.3) is 0 Å². The fourth-order valence-corrected chi connectivity index (χ4v) is 2.77. The van der Waals surface area contributed by atoms with E-state index in [4.69, 9.17) is 9.47 Å². The van der Waals surface area contributed by atoms with Crippen LogP contribution in [-0.2, 0) is 20.7 Å². The number of halogens is 2. The van der Waals surface area contributed by atoms with Gasteiger partial charge in [0.2, 0.25) is 5.91 Å². The van der Waals surface area contributed by atoms with Gasteiger partial charge < -0.3 is 25.4 Å². The summed E-state index contributed by atoms with van der Waals surface area (Å²) in [5.41, 5.74) is 0.659. The Labute approximate surface area is 189 Å². The van der Waals surface area contributed by atoms with Crippen molar-refractivity contribution in [3.63, 3.8) is 0 Å². The van der Waals surface area contributed by atoms with Crippen LogP contribution in [0.4, 0.5) is 4.39 Å². The van der Waals surface area contributed by atoms with Gasteiger partial charge in [0.1, 0.15) is 5.82 Å². The Balaban J connectivity index is 0.00000420. The van der Waals surface area contributed by atoms with Gasteiger partial charge in [-0.05, 0) is 37.5 Å². The van der Waals surface area contributed by atoms with Crippen molar-refractivity contribution in [2.24, 2.45) is 4.99 Å². The van der Waals surface area contributed by atoms with E-state index in [1.807, 2.05) is 6.92 Å². The molecule has 0 aliphatic carbocycles. The molecule has 9 heteroatoms. The van der Waals surface area contributed by atoms with E-state index >= 15 is 0 Å². The van der Waals surface area contributed by atoms with Crippen molar-refractivity contribution in [3.05, 3.63) is 35.6 Å². The minimum Gasteiger partial charge on any atom is -0.379 e. The lowest BCUT2D eigenvalue weighted by Gasteiger charge is -2.12. The second-order valence-electron chi connectivity index (χ2n) is 6.55. The molecule has 1 heterocycles. The van der Waals surface area contributed by atoms with Crippen molar-refractivity contribution in [2.45, 2.75) is 32.3 Å². The maximum absolute atomic E-state index is 13.1. The number of carbonyl (C=O) groups excluding carboxylic acids is 1. The Bertz CT molecular complexity index is 627. The zero-order valence-electron chi connectivity index (χ0n) is 16.9. The van der Waals surface area contributed by atoms with E-state index in [0.29, 0.717) is 44.4 Å². The van der Waals surface area contributed by atoms with E-state index in [1.165, 1.54) is 12.1 Å². The SMILES string of the molecule is CCNC(=NCCCOC1CCOC1)NCCNC(=O)Cc1cccc(F)c1.I.